The summed E-state index contributed by atoms with van der Waals surface area (Å²) < 4.78 is 43.5. The number of carbonyl (C=O) groups excluding carboxylic acids is 1. The number of nitrogens with one attached hydrogen (secondary N) is 2. The predicted molar refractivity (Wildman–Crippen MR) is 161 cm³/mol. The zero-order valence-electron chi connectivity index (χ0n) is 24.5. The van der Waals surface area contributed by atoms with E-state index in [4.69, 9.17) is 0 Å². The van der Waals surface area contributed by atoms with Crippen LogP contribution in [0.5, 0.6) is 0 Å². The molecule has 43 heavy (non-hydrogen) atoms. The Balaban J connectivity index is 1.27. The summed E-state index contributed by atoms with van der Waals surface area (Å²) >= 11 is 0. The molecule has 1 aliphatic heterocycles. The molecule has 0 radical (unpaired) electrons. The standard InChI is InChI=1S/C31H33F3N8O/c1-21-5-9-25(18-23(21)7-6-22-11-12-42-28(17-22)37-29(38-42)39(2)3)35-30(43)36-26-10-8-24(27(19-26)31(32,33)34)20-41-15-13-40(4)14-16-41/h5,8-12,17-19H,13-16,20H2,1-4H3,(H2,35,36,43). The fourth-order valence-corrected chi connectivity index (χ4v) is 4.71. The smallest absolute Gasteiger partial charge is 0.346 e. The minimum Gasteiger partial charge on any atom is -0.346 e. The number of rotatable bonds is 5. The highest BCUT2D eigenvalue weighted by atomic mass is 19.4. The van der Waals surface area contributed by atoms with Gasteiger partial charge in [-0.05, 0) is 61.5 Å². The number of halogens is 3. The molecule has 2 aromatic carbocycles. The van der Waals surface area contributed by atoms with E-state index in [9.17, 15) is 18.0 Å². The molecule has 1 aliphatic rings. The molecule has 2 N–H and O–H groups in total. The van der Waals surface area contributed by atoms with Crippen LogP contribution in [0.1, 0.15) is 27.8 Å². The van der Waals surface area contributed by atoms with Gasteiger partial charge in [0.15, 0.2) is 5.65 Å². The number of amides is 2. The van der Waals surface area contributed by atoms with E-state index in [1.807, 2.05) is 56.1 Å². The summed E-state index contributed by atoms with van der Waals surface area (Å²) in [7, 11) is 5.73. The molecule has 1 fully saturated rings. The summed E-state index contributed by atoms with van der Waals surface area (Å²) in [4.78, 5) is 23.2. The number of likely N-dealkylation sites (N-methyl/N-ethyl adjacent to an activating group) is 1. The Morgan fingerprint density at radius 2 is 1.67 bits per heavy atom. The molecule has 0 bridgehead atoms. The van der Waals surface area contributed by atoms with Crippen molar-refractivity contribution < 1.29 is 18.0 Å². The maximum Gasteiger partial charge on any atom is 0.416 e. The van der Waals surface area contributed by atoms with Crippen molar-refractivity contribution >= 4 is 29.0 Å². The molecular formula is C31H33F3N8O. The lowest BCUT2D eigenvalue weighted by molar-refractivity contribution is -0.138. The molecule has 0 aliphatic carbocycles. The Kier molecular flexibility index (Phi) is 8.57. The highest BCUT2D eigenvalue weighted by Gasteiger charge is 2.34. The predicted octanol–water partition coefficient (Wildman–Crippen LogP) is 4.91. The molecule has 224 valence electrons. The van der Waals surface area contributed by atoms with Crippen LogP contribution in [0.25, 0.3) is 5.65 Å². The first kappa shape index (κ1) is 29.9. The number of benzene rings is 2. The van der Waals surface area contributed by atoms with Gasteiger partial charge < -0.3 is 20.4 Å². The van der Waals surface area contributed by atoms with E-state index in [1.54, 1.807) is 22.8 Å². The molecule has 3 heterocycles. The van der Waals surface area contributed by atoms with E-state index in [0.717, 1.165) is 30.3 Å². The average Bonchev–Trinajstić information content (AvgIpc) is 3.39. The fourth-order valence-electron chi connectivity index (χ4n) is 4.71. The highest BCUT2D eigenvalue weighted by molar-refractivity contribution is 6.00. The van der Waals surface area contributed by atoms with Crippen LogP contribution in [0, 0.1) is 18.8 Å². The number of nitrogens with zero attached hydrogens (tertiary/aromatic N) is 6. The van der Waals surface area contributed by atoms with Crippen LogP contribution in [0.15, 0.2) is 54.7 Å². The van der Waals surface area contributed by atoms with Crippen molar-refractivity contribution in [3.63, 3.8) is 0 Å². The van der Waals surface area contributed by atoms with Crippen molar-refractivity contribution in [2.75, 3.05) is 62.9 Å². The summed E-state index contributed by atoms with van der Waals surface area (Å²) in [6.07, 6.45) is -2.76. The molecule has 2 amide bonds. The van der Waals surface area contributed by atoms with E-state index >= 15 is 0 Å². The number of anilines is 3. The second-order valence-corrected chi connectivity index (χ2v) is 10.8. The Bertz CT molecular complexity index is 1690. The summed E-state index contributed by atoms with van der Waals surface area (Å²) in [6.45, 7) is 5.13. The van der Waals surface area contributed by atoms with Gasteiger partial charge in [-0.1, -0.05) is 24.0 Å². The third-order valence-electron chi connectivity index (χ3n) is 7.23. The van der Waals surface area contributed by atoms with Gasteiger partial charge in [-0.25, -0.2) is 9.31 Å². The van der Waals surface area contributed by atoms with Gasteiger partial charge in [0.05, 0.1) is 5.56 Å². The molecule has 9 nitrogen and oxygen atoms in total. The summed E-state index contributed by atoms with van der Waals surface area (Å²) in [5.41, 5.74) is 2.96. The van der Waals surface area contributed by atoms with Crippen molar-refractivity contribution in [1.82, 2.24) is 24.4 Å². The minimum absolute atomic E-state index is 0.0559. The SMILES string of the molecule is Cc1ccc(NC(=O)Nc2ccc(CN3CCN(C)CC3)c(C(F)(F)F)c2)cc1C#Cc1ccn2nc(N(C)C)nc2c1. The van der Waals surface area contributed by atoms with Crippen LogP contribution >= 0.6 is 0 Å². The lowest BCUT2D eigenvalue weighted by atomic mass is 10.0. The first-order valence-corrected chi connectivity index (χ1v) is 13.8. The van der Waals surface area contributed by atoms with E-state index < -0.39 is 17.8 Å². The van der Waals surface area contributed by atoms with E-state index in [-0.39, 0.29) is 17.8 Å². The Labute approximate surface area is 248 Å². The Hall–Kier alpha value is -4.60. The van der Waals surface area contributed by atoms with Gasteiger partial charge in [0, 0.05) is 75.5 Å². The average molecular weight is 591 g/mol. The highest BCUT2D eigenvalue weighted by Crippen LogP contribution is 2.34. The number of carbonyl (C=O) groups is 1. The number of hydrogen-bond donors (Lipinski definition) is 2. The van der Waals surface area contributed by atoms with Crippen LogP contribution < -0.4 is 15.5 Å². The van der Waals surface area contributed by atoms with Crippen molar-refractivity contribution in [2.24, 2.45) is 0 Å². The van der Waals surface area contributed by atoms with Gasteiger partial charge in [-0.3, -0.25) is 4.90 Å². The van der Waals surface area contributed by atoms with Crippen LogP contribution in [0.4, 0.5) is 35.3 Å². The maximum atomic E-state index is 13.9. The van der Waals surface area contributed by atoms with Gasteiger partial charge in [0.1, 0.15) is 0 Å². The molecule has 12 heteroatoms. The molecule has 5 rings (SSSR count). The number of pyridine rings is 1. The van der Waals surface area contributed by atoms with Crippen molar-refractivity contribution in [3.05, 3.63) is 82.5 Å². The van der Waals surface area contributed by atoms with Gasteiger partial charge in [-0.2, -0.15) is 18.2 Å². The lowest BCUT2D eigenvalue weighted by Crippen LogP contribution is -2.44. The van der Waals surface area contributed by atoms with E-state index in [1.165, 1.54) is 12.1 Å². The monoisotopic (exact) mass is 590 g/mol. The zero-order valence-corrected chi connectivity index (χ0v) is 24.5. The Morgan fingerprint density at radius 3 is 2.37 bits per heavy atom. The molecule has 2 aromatic heterocycles. The zero-order chi connectivity index (χ0) is 30.7. The molecule has 0 spiro atoms. The van der Waals surface area contributed by atoms with Gasteiger partial charge in [0.2, 0.25) is 5.95 Å². The molecule has 1 saturated heterocycles. The quantitative estimate of drug-likeness (QED) is 0.322. The summed E-state index contributed by atoms with van der Waals surface area (Å²) in [5.74, 6) is 6.85. The van der Waals surface area contributed by atoms with Gasteiger partial charge in [-0.15, -0.1) is 5.10 Å². The second-order valence-electron chi connectivity index (χ2n) is 10.8. The van der Waals surface area contributed by atoms with Crippen LogP contribution in [-0.2, 0) is 12.7 Å². The second kappa shape index (κ2) is 12.3. The largest absolute Gasteiger partial charge is 0.416 e. The summed E-state index contributed by atoms with van der Waals surface area (Å²) in [5, 5.41) is 9.61. The van der Waals surface area contributed by atoms with E-state index in [2.05, 4.69) is 37.5 Å². The first-order chi connectivity index (χ1) is 20.4. The molecular weight excluding hydrogens is 557 g/mol. The number of hydrogen-bond acceptors (Lipinski definition) is 6. The normalized spacial score (nSPS) is 14.3. The fraction of sp³-hybridized carbons (Fsp3) is 0.323. The lowest BCUT2D eigenvalue weighted by Gasteiger charge is -2.33. The van der Waals surface area contributed by atoms with E-state index in [0.29, 0.717) is 35.9 Å². The molecule has 0 saturated carbocycles. The molecule has 0 unspecified atom stereocenters. The molecule has 0 atom stereocenters. The number of alkyl halides is 3. The summed E-state index contributed by atoms with van der Waals surface area (Å²) in [6, 6.07) is 12.2. The minimum atomic E-state index is -4.55. The van der Waals surface area contributed by atoms with Crippen LogP contribution in [0.2, 0.25) is 0 Å². The first-order valence-electron chi connectivity index (χ1n) is 13.8. The topological polar surface area (TPSA) is 81.0 Å². The number of piperazine rings is 1. The Morgan fingerprint density at radius 1 is 0.977 bits per heavy atom. The van der Waals surface area contributed by atoms with Crippen molar-refractivity contribution in [1.29, 1.82) is 0 Å². The number of aromatic nitrogens is 3. The van der Waals surface area contributed by atoms with Crippen LogP contribution in [-0.4, -0.2) is 77.8 Å². The van der Waals surface area contributed by atoms with Crippen molar-refractivity contribution in [3.8, 4) is 11.8 Å². The van der Waals surface area contributed by atoms with Gasteiger partial charge >= 0.3 is 12.2 Å². The third kappa shape index (κ3) is 7.43. The third-order valence-corrected chi connectivity index (χ3v) is 7.23. The van der Waals surface area contributed by atoms with Gasteiger partial charge in [0.25, 0.3) is 0 Å². The number of aryl methyl sites for hydroxylation is 1. The number of fused-ring (bicyclic) bond motifs is 1. The van der Waals surface area contributed by atoms with Crippen LogP contribution in [0.3, 0.4) is 0 Å². The van der Waals surface area contributed by atoms with Crippen molar-refractivity contribution in [2.45, 2.75) is 19.6 Å². The molecule has 4 aromatic rings. The number of urea groups is 1. The maximum absolute atomic E-state index is 13.9.